The molecule has 2 aromatic carbocycles. The van der Waals surface area contributed by atoms with Gasteiger partial charge in [0.15, 0.2) is 0 Å². The molecule has 3 amide bonds. The number of anilines is 2. The molecular weight excluding hydrogens is 434 g/mol. The van der Waals surface area contributed by atoms with Crippen LogP contribution in [0.4, 0.5) is 11.4 Å². The van der Waals surface area contributed by atoms with Crippen molar-refractivity contribution in [3.8, 4) is 5.75 Å². The predicted molar refractivity (Wildman–Crippen MR) is 119 cm³/mol. The molecule has 0 radical (unpaired) electrons. The van der Waals surface area contributed by atoms with Crippen molar-refractivity contribution in [3.63, 3.8) is 0 Å². The van der Waals surface area contributed by atoms with Crippen LogP contribution < -0.4 is 15.0 Å². The van der Waals surface area contributed by atoms with E-state index in [-0.39, 0.29) is 29.5 Å². The molecule has 1 heterocycles. The number of methoxy groups -OCH3 is 1. The molecule has 1 unspecified atom stereocenters. The maximum atomic E-state index is 13.3. The van der Waals surface area contributed by atoms with Gasteiger partial charge in [-0.2, -0.15) is 4.31 Å². The zero-order valence-corrected chi connectivity index (χ0v) is 18.5. The quantitative estimate of drug-likeness (QED) is 0.480. The molecule has 0 aromatic heterocycles. The van der Waals surface area contributed by atoms with Gasteiger partial charge >= 0.3 is 0 Å². The molecule has 0 spiro atoms. The molecule has 1 aliphatic rings. The third-order valence-electron chi connectivity index (χ3n) is 4.89. The lowest BCUT2D eigenvalue weighted by Gasteiger charge is -2.25. The predicted octanol–water partition coefficient (Wildman–Crippen LogP) is 2.16. The Morgan fingerprint density at radius 2 is 1.81 bits per heavy atom. The highest BCUT2D eigenvalue weighted by molar-refractivity contribution is 7.89. The minimum atomic E-state index is -4.09. The van der Waals surface area contributed by atoms with E-state index < -0.39 is 27.9 Å². The van der Waals surface area contributed by atoms with Crippen molar-refractivity contribution in [3.05, 3.63) is 61.2 Å². The van der Waals surface area contributed by atoms with Gasteiger partial charge in [0, 0.05) is 19.2 Å². The number of benzene rings is 2. The molecule has 2 aromatic rings. The second-order valence-electron chi connectivity index (χ2n) is 7.05. The number of rotatable bonds is 8. The summed E-state index contributed by atoms with van der Waals surface area (Å²) in [4.78, 5) is 37.9. The highest BCUT2D eigenvalue weighted by atomic mass is 32.2. The number of ether oxygens (including phenoxy) is 1. The maximum Gasteiger partial charge on any atom is 0.252 e. The zero-order chi connectivity index (χ0) is 23.5. The van der Waals surface area contributed by atoms with Gasteiger partial charge < -0.3 is 10.1 Å². The van der Waals surface area contributed by atoms with E-state index >= 15 is 0 Å². The lowest BCUT2D eigenvalue weighted by atomic mass is 10.2. The SMILES string of the molecule is C=CCN(C1CC(=O)N(c2ccc(NC(C)=O)cc2)C1=O)S(=O)(=O)c1ccc(OC)cc1. The summed E-state index contributed by atoms with van der Waals surface area (Å²) >= 11 is 0. The van der Waals surface area contributed by atoms with Crippen LogP contribution in [0.5, 0.6) is 5.75 Å². The summed E-state index contributed by atoms with van der Waals surface area (Å²) in [5, 5.41) is 2.60. The average Bonchev–Trinajstić information content (AvgIpc) is 3.05. The van der Waals surface area contributed by atoms with Gasteiger partial charge in [0.25, 0.3) is 5.91 Å². The molecular formula is C22H23N3O6S. The average molecular weight is 458 g/mol. The van der Waals surface area contributed by atoms with E-state index in [0.717, 1.165) is 9.21 Å². The molecule has 0 aliphatic carbocycles. The number of sulfonamides is 1. The van der Waals surface area contributed by atoms with Crippen LogP contribution in [-0.4, -0.2) is 50.1 Å². The lowest BCUT2D eigenvalue weighted by Crippen LogP contribution is -2.45. The second-order valence-corrected chi connectivity index (χ2v) is 8.94. The van der Waals surface area contributed by atoms with Gasteiger partial charge in [-0.1, -0.05) is 6.08 Å². The van der Waals surface area contributed by atoms with Crippen molar-refractivity contribution >= 4 is 39.1 Å². The standard InChI is InChI=1S/C22H23N3O6S/c1-4-13-24(32(29,30)19-11-9-18(31-3)10-12-19)20-14-21(27)25(22(20)28)17-7-5-16(6-8-17)23-15(2)26/h4-12,20H,1,13-14H2,2-3H3,(H,23,26). The molecule has 1 fully saturated rings. The van der Waals surface area contributed by atoms with Crippen LogP contribution in [0.15, 0.2) is 66.1 Å². The molecule has 1 saturated heterocycles. The van der Waals surface area contributed by atoms with Crippen molar-refractivity contribution in [1.82, 2.24) is 4.31 Å². The first-order chi connectivity index (χ1) is 15.2. The lowest BCUT2D eigenvalue weighted by molar-refractivity contribution is -0.122. The molecule has 0 bridgehead atoms. The van der Waals surface area contributed by atoms with E-state index in [9.17, 15) is 22.8 Å². The molecule has 168 valence electrons. The Morgan fingerprint density at radius 1 is 1.19 bits per heavy atom. The molecule has 9 nitrogen and oxygen atoms in total. The Bertz CT molecular complexity index is 1140. The molecule has 1 atom stereocenters. The van der Waals surface area contributed by atoms with Gasteiger partial charge in [-0.05, 0) is 48.5 Å². The van der Waals surface area contributed by atoms with Crippen molar-refractivity contribution in [2.75, 3.05) is 23.9 Å². The summed E-state index contributed by atoms with van der Waals surface area (Å²) in [6, 6.07) is 10.7. The fourth-order valence-corrected chi connectivity index (χ4v) is 4.96. The van der Waals surface area contributed by atoms with Crippen molar-refractivity contribution < 1.29 is 27.5 Å². The van der Waals surface area contributed by atoms with E-state index in [4.69, 9.17) is 4.74 Å². The summed E-state index contributed by atoms with van der Waals surface area (Å²) in [5.41, 5.74) is 0.796. The number of nitrogens with zero attached hydrogens (tertiary/aromatic N) is 2. The topological polar surface area (TPSA) is 113 Å². The highest BCUT2D eigenvalue weighted by Crippen LogP contribution is 2.30. The van der Waals surface area contributed by atoms with E-state index in [1.54, 1.807) is 12.1 Å². The number of hydrogen-bond acceptors (Lipinski definition) is 6. The summed E-state index contributed by atoms with van der Waals surface area (Å²) in [5.74, 6) is -0.942. The summed E-state index contributed by atoms with van der Waals surface area (Å²) in [7, 11) is -2.63. The minimum absolute atomic E-state index is 0.0292. The normalized spacial score (nSPS) is 16.3. The maximum absolute atomic E-state index is 13.3. The Morgan fingerprint density at radius 3 is 2.34 bits per heavy atom. The number of imide groups is 1. The Balaban J connectivity index is 1.91. The first kappa shape index (κ1) is 23.2. The van der Waals surface area contributed by atoms with Crippen LogP contribution in [0.2, 0.25) is 0 Å². The van der Waals surface area contributed by atoms with Crippen molar-refractivity contribution in [2.45, 2.75) is 24.3 Å². The Labute approximate surface area is 186 Å². The number of carbonyl (C=O) groups is 3. The monoisotopic (exact) mass is 457 g/mol. The largest absolute Gasteiger partial charge is 0.497 e. The van der Waals surface area contributed by atoms with Crippen molar-refractivity contribution in [1.29, 1.82) is 0 Å². The smallest absolute Gasteiger partial charge is 0.252 e. The van der Waals surface area contributed by atoms with Gasteiger partial charge in [0.1, 0.15) is 11.8 Å². The Hall–Kier alpha value is -3.50. The first-order valence-electron chi connectivity index (χ1n) is 9.70. The number of carbonyl (C=O) groups excluding carboxylic acids is 3. The minimum Gasteiger partial charge on any atom is -0.497 e. The fraction of sp³-hybridized carbons (Fsp3) is 0.227. The van der Waals surface area contributed by atoms with Gasteiger partial charge in [-0.25, -0.2) is 13.3 Å². The van der Waals surface area contributed by atoms with E-state index in [0.29, 0.717) is 11.4 Å². The van der Waals surface area contributed by atoms with Crippen LogP contribution in [0, 0.1) is 0 Å². The summed E-state index contributed by atoms with van der Waals surface area (Å²) in [6.45, 7) is 4.81. The molecule has 3 rings (SSSR count). The zero-order valence-electron chi connectivity index (χ0n) is 17.6. The summed E-state index contributed by atoms with van der Waals surface area (Å²) < 4.78 is 32.6. The van der Waals surface area contributed by atoms with Crippen LogP contribution >= 0.6 is 0 Å². The molecule has 1 N–H and O–H groups in total. The molecule has 0 saturated carbocycles. The third-order valence-corrected chi connectivity index (χ3v) is 6.78. The highest BCUT2D eigenvalue weighted by Gasteiger charge is 2.46. The fourth-order valence-electron chi connectivity index (χ4n) is 3.41. The van der Waals surface area contributed by atoms with E-state index in [1.807, 2.05) is 0 Å². The van der Waals surface area contributed by atoms with Crippen LogP contribution in [0.3, 0.4) is 0 Å². The van der Waals surface area contributed by atoms with Crippen molar-refractivity contribution in [2.24, 2.45) is 0 Å². The molecule has 10 heteroatoms. The van der Waals surface area contributed by atoms with E-state index in [1.165, 1.54) is 56.5 Å². The molecule has 1 aliphatic heterocycles. The number of hydrogen-bond donors (Lipinski definition) is 1. The van der Waals surface area contributed by atoms with Crippen LogP contribution in [0.25, 0.3) is 0 Å². The number of amides is 3. The third kappa shape index (κ3) is 4.56. The van der Waals surface area contributed by atoms with Gasteiger partial charge in [0.2, 0.25) is 21.8 Å². The van der Waals surface area contributed by atoms with Gasteiger partial charge in [-0.15, -0.1) is 6.58 Å². The molecule has 32 heavy (non-hydrogen) atoms. The Kier molecular flexibility index (Phi) is 6.75. The number of nitrogens with one attached hydrogen (secondary N) is 1. The van der Waals surface area contributed by atoms with Crippen LogP contribution in [0.1, 0.15) is 13.3 Å². The summed E-state index contributed by atoms with van der Waals surface area (Å²) in [6.07, 6.45) is 1.07. The first-order valence-corrected chi connectivity index (χ1v) is 11.1. The van der Waals surface area contributed by atoms with Gasteiger partial charge in [-0.3, -0.25) is 14.4 Å². The van der Waals surface area contributed by atoms with Crippen LogP contribution in [-0.2, 0) is 24.4 Å². The second kappa shape index (κ2) is 9.33. The van der Waals surface area contributed by atoms with E-state index in [2.05, 4.69) is 11.9 Å². The van der Waals surface area contributed by atoms with Gasteiger partial charge in [0.05, 0.1) is 24.1 Å².